The van der Waals surface area contributed by atoms with Gasteiger partial charge in [0, 0.05) is 0 Å². The number of aryl methyl sites for hydroxylation is 1. The lowest BCUT2D eigenvalue weighted by Crippen LogP contribution is -2.00. The zero-order chi connectivity index (χ0) is 11.0. The van der Waals surface area contributed by atoms with E-state index in [1.165, 1.54) is 5.56 Å². The van der Waals surface area contributed by atoms with Gasteiger partial charge in [0.1, 0.15) is 0 Å². The van der Waals surface area contributed by atoms with E-state index in [2.05, 4.69) is 23.2 Å². The van der Waals surface area contributed by atoms with Gasteiger partial charge in [-0.15, -0.1) is 0 Å². The molecule has 1 rings (SSSR count). The summed E-state index contributed by atoms with van der Waals surface area (Å²) in [6.07, 6.45) is 1.02. The van der Waals surface area contributed by atoms with E-state index < -0.39 is 10.1 Å². The van der Waals surface area contributed by atoms with E-state index >= 15 is 0 Å². The molecule has 0 saturated heterocycles. The normalized spacial score (nSPS) is 10.2. The van der Waals surface area contributed by atoms with Crippen molar-refractivity contribution < 1.29 is 12.6 Å². The summed E-state index contributed by atoms with van der Waals surface area (Å²) >= 11 is 0. The Morgan fingerprint density at radius 2 is 1.71 bits per heavy atom. The molecular formula is C10H16O3S. The van der Waals surface area contributed by atoms with E-state index in [4.69, 9.17) is 0 Å². The summed E-state index contributed by atoms with van der Waals surface area (Å²) in [5, 5.41) is 0. The molecule has 80 valence electrons. The molecule has 0 radical (unpaired) electrons. The van der Waals surface area contributed by atoms with Crippen molar-refractivity contribution in [2.24, 2.45) is 0 Å². The fourth-order valence-electron chi connectivity index (χ4n) is 0.748. The van der Waals surface area contributed by atoms with E-state index in [0.717, 1.165) is 6.26 Å². The maximum Gasteiger partial charge on any atom is 0.264 e. The summed E-state index contributed by atoms with van der Waals surface area (Å²) in [5.41, 5.74) is 1.32. The van der Waals surface area contributed by atoms with Crippen molar-refractivity contribution in [1.29, 1.82) is 0 Å². The number of hydrogen-bond donors (Lipinski definition) is 0. The van der Waals surface area contributed by atoms with Crippen LogP contribution in [0.1, 0.15) is 12.5 Å². The van der Waals surface area contributed by atoms with Crippen LogP contribution in [-0.4, -0.2) is 21.3 Å². The molecule has 1 aromatic carbocycles. The van der Waals surface area contributed by atoms with Crippen LogP contribution in [0.5, 0.6) is 0 Å². The van der Waals surface area contributed by atoms with Crippen LogP contribution in [0.15, 0.2) is 30.3 Å². The molecule has 0 aliphatic rings. The Kier molecular flexibility index (Phi) is 6.16. The van der Waals surface area contributed by atoms with Crippen molar-refractivity contribution in [2.45, 2.75) is 13.8 Å². The molecule has 4 heteroatoms. The van der Waals surface area contributed by atoms with E-state index in [0.29, 0.717) is 0 Å². The topological polar surface area (TPSA) is 43.4 Å². The third-order valence-corrected chi connectivity index (χ3v) is 1.94. The second-order valence-electron chi connectivity index (χ2n) is 2.77. The van der Waals surface area contributed by atoms with Gasteiger partial charge in [0.15, 0.2) is 0 Å². The van der Waals surface area contributed by atoms with Crippen LogP contribution in [0.3, 0.4) is 0 Å². The van der Waals surface area contributed by atoms with Crippen LogP contribution in [-0.2, 0) is 14.3 Å². The zero-order valence-corrected chi connectivity index (χ0v) is 9.54. The molecule has 0 amide bonds. The third kappa shape index (κ3) is 9.22. The first-order valence-electron chi connectivity index (χ1n) is 4.31. The van der Waals surface area contributed by atoms with Gasteiger partial charge < -0.3 is 0 Å². The Bertz CT molecular complexity index is 330. The average molecular weight is 216 g/mol. The van der Waals surface area contributed by atoms with Crippen LogP contribution < -0.4 is 0 Å². The Labute approximate surface area is 85.8 Å². The molecule has 0 spiro atoms. The van der Waals surface area contributed by atoms with Crippen molar-refractivity contribution in [3.05, 3.63) is 35.9 Å². The number of benzene rings is 1. The molecule has 0 aliphatic carbocycles. The van der Waals surface area contributed by atoms with Crippen molar-refractivity contribution >= 4 is 10.1 Å². The van der Waals surface area contributed by atoms with Crippen LogP contribution in [0.2, 0.25) is 0 Å². The number of rotatable bonds is 2. The summed E-state index contributed by atoms with van der Waals surface area (Å²) in [6.45, 7) is 3.93. The Hall–Kier alpha value is -0.870. The Morgan fingerprint density at radius 1 is 1.21 bits per heavy atom. The van der Waals surface area contributed by atoms with Crippen molar-refractivity contribution in [3.8, 4) is 0 Å². The second-order valence-corrected chi connectivity index (χ2v) is 4.41. The van der Waals surface area contributed by atoms with Crippen LogP contribution in [0, 0.1) is 6.92 Å². The molecule has 14 heavy (non-hydrogen) atoms. The van der Waals surface area contributed by atoms with E-state index in [9.17, 15) is 8.42 Å². The van der Waals surface area contributed by atoms with Crippen LogP contribution >= 0.6 is 0 Å². The molecule has 0 N–H and O–H groups in total. The summed E-state index contributed by atoms with van der Waals surface area (Å²) in [6, 6.07) is 10.3. The fraction of sp³-hybridized carbons (Fsp3) is 0.400. The molecule has 0 aromatic heterocycles. The van der Waals surface area contributed by atoms with Gasteiger partial charge in [0.05, 0.1) is 12.9 Å². The van der Waals surface area contributed by atoms with E-state index in [-0.39, 0.29) is 6.61 Å². The predicted octanol–water partition coefficient (Wildman–Crippen LogP) is 1.98. The van der Waals surface area contributed by atoms with Gasteiger partial charge in [-0.1, -0.05) is 35.9 Å². The highest BCUT2D eigenvalue weighted by Crippen LogP contribution is 1.92. The highest BCUT2D eigenvalue weighted by atomic mass is 32.2. The molecule has 0 fully saturated rings. The highest BCUT2D eigenvalue weighted by molar-refractivity contribution is 7.85. The van der Waals surface area contributed by atoms with Gasteiger partial charge in [-0.25, -0.2) is 0 Å². The molecule has 1 aromatic rings. The first-order chi connectivity index (χ1) is 6.45. The summed E-state index contributed by atoms with van der Waals surface area (Å²) in [5.74, 6) is 0. The summed E-state index contributed by atoms with van der Waals surface area (Å²) < 4.78 is 24.2. The summed E-state index contributed by atoms with van der Waals surface area (Å²) in [7, 11) is -3.17. The fourth-order valence-corrected chi connectivity index (χ4v) is 1.18. The molecule has 0 heterocycles. The van der Waals surface area contributed by atoms with Gasteiger partial charge in [0.2, 0.25) is 0 Å². The minimum Gasteiger partial charge on any atom is -0.271 e. The molecule has 0 saturated carbocycles. The lowest BCUT2D eigenvalue weighted by Gasteiger charge is -1.90. The van der Waals surface area contributed by atoms with Gasteiger partial charge in [-0.05, 0) is 13.8 Å². The zero-order valence-electron chi connectivity index (χ0n) is 8.73. The largest absolute Gasteiger partial charge is 0.271 e. The van der Waals surface area contributed by atoms with Crippen molar-refractivity contribution in [1.82, 2.24) is 0 Å². The minimum absolute atomic E-state index is 0.221. The van der Waals surface area contributed by atoms with Gasteiger partial charge in [-0.2, -0.15) is 8.42 Å². The van der Waals surface area contributed by atoms with E-state index in [1.54, 1.807) is 6.92 Å². The maximum absolute atomic E-state index is 10.0. The monoisotopic (exact) mass is 216 g/mol. The SMILES string of the molecule is CCOS(C)(=O)=O.Cc1ccccc1. The Morgan fingerprint density at radius 3 is 1.86 bits per heavy atom. The second kappa shape index (κ2) is 6.56. The molecule has 0 aliphatic heterocycles. The molecule has 3 nitrogen and oxygen atoms in total. The lowest BCUT2D eigenvalue weighted by atomic mass is 10.2. The van der Waals surface area contributed by atoms with Crippen molar-refractivity contribution in [2.75, 3.05) is 12.9 Å². The highest BCUT2D eigenvalue weighted by Gasteiger charge is 1.94. The first-order valence-corrected chi connectivity index (χ1v) is 6.13. The van der Waals surface area contributed by atoms with Gasteiger partial charge in [0.25, 0.3) is 10.1 Å². The number of hydrogen-bond acceptors (Lipinski definition) is 3. The molecule has 0 unspecified atom stereocenters. The smallest absolute Gasteiger partial charge is 0.264 e. The predicted molar refractivity (Wildman–Crippen MR) is 57.6 cm³/mol. The first kappa shape index (κ1) is 13.1. The van der Waals surface area contributed by atoms with Gasteiger partial charge >= 0.3 is 0 Å². The van der Waals surface area contributed by atoms with Gasteiger partial charge in [-0.3, -0.25) is 4.18 Å². The average Bonchev–Trinajstić information content (AvgIpc) is 2.04. The standard InChI is InChI=1S/C7H8.C3H8O3S/c1-7-5-3-2-4-6-7;1-3-6-7(2,4)5/h2-6H,1H3;3H2,1-2H3. The minimum atomic E-state index is -3.17. The van der Waals surface area contributed by atoms with Crippen LogP contribution in [0.25, 0.3) is 0 Å². The summed E-state index contributed by atoms with van der Waals surface area (Å²) in [4.78, 5) is 0. The lowest BCUT2D eigenvalue weighted by molar-refractivity contribution is 0.342. The molecule has 0 bridgehead atoms. The van der Waals surface area contributed by atoms with Crippen molar-refractivity contribution in [3.63, 3.8) is 0 Å². The Balaban J connectivity index is 0.000000241. The van der Waals surface area contributed by atoms with E-state index in [1.807, 2.05) is 18.2 Å². The third-order valence-electron chi connectivity index (χ3n) is 1.27. The molecular weight excluding hydrogens is 200 g/mol. The van der Waals surface area contributed by atoms with Crippen LogP contribution in [0.4, 0.5) is 0 Å². The molecule has 0 atom stereocenters. The maximum atomic E-state index is 10.0. The quantitative estimate of drug-likeness (QED) is 0.710.